The summed E-state index contributed by atoms with van der Waals surface area (Å²) < 4.78 is 5.36. The summed E-state index contributed by atoms with van der Waals surface area (Å²) in [5.74, 6) is 0.592. The van der Waals surface area contributed by atoms with Crippen molar-refractivity contribution in [3.05, 3.63) is 28.3 Å². The molecule has 9 heteroatoms. The van der Waals surface area contributed by atoms with Gasteiger partial charge in [0.25, 0.3) is 5.69 Å². The van der Waals surface area contributed by atoms with E-state index in [0.717, 1.165) is 11.3 Å². The Morgan fingerprint density at radius 1 is 1.36 bits per heavy atom. The van der Waals surface area contributed by atoms with Crippen molar-refractivity contribution >= 4 is 35.0 Å². The lowest BCUT2D eigenvalue weighted by molar-refractivity contribution is -0.385. The van der Waals surface area contributed by atoms with E-state index in [2.05, 4.69) is 0 Å². The van der Waals surface area contributed by atoms with Crippen molar-refractivity contribution in [2.24, 2.45) is 5.92 Å². The number of thioether (sulfide) groups is 1. The van der Waals surface area contributed by atoms with E-state index in [1.54, 1.807) is 11.0 Å². The second-order valence-corrected chi connectivity index (χ2v) is 8.59. The van der Waals surface area contributed by atoms with Gasteiger partial charge in [0, 0.05) is 29.3 Å². The van der Waals surface area contributed by atoms with Crippen LogP contribution in [-0.4, -0.2) is 59.7 Å². The number of esters is 1. The fourth-order valence-electron chi connectivity index (χ4n) is 3.47. The summed E-state index contributed by atoms with van der Waals surface area (Å²) in [6.07, 6.45) is 1.55. The third kappa shape index (κ3) is 4.64. The first-order valence-corrected chi connectivity index (χ1v) is 10.5. The lowest BCUT2D eigenvalue weighted by Gasteiger charge is -2.31. The number of nitro groups is 1. The summed E-state index contributed by atoms with van der Waals surface area (Å²) in [5, 5.41) is 11.0. The number of nitrogens with zero attached hydrogens (tertiary/aromatic N) is 3. The lowest BCUT2D eigenvalue weighted by atomic mass is 10.2. The van der Waals surface area contributed by atoms with E-state index in [1.807, 2.05) is 18.7 Å². The molecule has 3 rings (SSSR count). The standard InChI is InChI=1S/C19H25N3O5S/c1-13(2)12-27-19(24)16-4-3-7-20(16)11-18(23)21-8-9-28-17-10-14(22(25)26)5-6-15(17)21/h5-6,10,13,16H,3-4,7-9,11-12H2,1-2H3/t16-/m0/s1. The second kappa shape index (κ2) is 8.91. The van der Waals surface area contributed by atoms with E-state index < -0.39 is 4.92 Å². The van der Waals surface area contributed by atoms with E-state index in [4.69, 9.17) is 4.74 Å². The molecule has 152 valence electrons. The number of anilines is 1. The van der Waals surface area contributed by atoms with Crippen LogP contribution >= 0.6 is 11.8 Å². The van der Waals surface area contributed by atoms with Crippen LogP contribution in [0.4, 0.5) is 11.4 Å². The molecular formula is C19H25N3O5S. The monoisotopic (exact) mass is 407 g/mol. The highest BCUT2D eigenvalue weighted by molar-refractivity contribution is 7.99. The number of carbonyl (C=O) groups is 2. The van der Waals surface area contributed by atoms with E-state index in [1.165, 1.54) is 23.9 Å². The maximum absolute atomic E-state index is 13.0. The molecule has 0 aliphatic carbocycles. The molecule has 0 unspecified atom stereocenters. The molecule has 0 aromatic heterocycles. The predicted octanol–water partition coefficient (Wildman–Crippen LogP) is 2.70. The van der Waals surface area contributed by atoms with Crippen molar-refractivity contribution in [3.8, 4) is 0 Å². The number of ether oxygens (including phenoxy) is 1. The molecule has 1 saturated heterocycles. The molecule has 1 amide bonds. The van der Waals surface area contributed by atoms with E-state index >= 15 is 0 Å². The number of amides is 1. The molecule has 0 N–H and O–H groups in total. The van der Waals surface area contributed by atoms with Crippen molar-refractivity contribution in [3.63, 3.8) is 0 Å². The fourth-order valence-corrected chi connectivity index (χ4v) is 4.49. The van der Waals surface area contributed by atoms with Gasteiger partial charge < -0.3 is 9.64 Å². The first-order chi connectivity index (χ1) is 13.4. The smallest absolute Gasteiger partial charge is 0.323 e. The number of benzene rings is 1. The molecular weight excluding hydrogens is 382 g/mol. The van der Waals surface area contributed by atoms with Crippen LogP contribution in [-0.2, 0) is 14.3 Å². The summed E-state index contributed by atoms with van der Waals surface area (Å²) in [6.45, 7) is 5.72. The van der Waals surface area contributed by atoms with E-state index in [0.29, 0.717) is 37.6 Å². The summed E-state index contributed by atoms with van der Waals surface area (Å²) in [7, 11) is 0. The predicted molar refractivity (Wildman–Crippen MR) is 107 cm³/mol. The number of hydrogen-bond acceptors (Lipinski definition) is 7. The minimum absolute atomic E-state index is 0.0213. The van der Waals surface area contributed by atoms with Crippen LogP contribution in [0, 0.1) is 16.0 Å². The number of carbonyl (C=O) groups excluding carboxylic acids is 2. The molecule has 0 saturated carbocycles. The molecule has 1 fully saturated rings. The summed E-state index contributed by atoms with van der Waals surface area (Å²) in [5.41, 5.74) is 0.720. The molecule has 2 aliphatic heterocycles. The zero-order valence-corrected chi connectivity index (χ0v) is 16.9. The summed E-state index contributed by atoms with van der Waals surface area (Å²) in [6, 6.07) is 4.20. The fraction of sp³-hybridized carbons (Fsp3) is 0.579. The number of fused-ring (bicyclic) bond motifs is 1. The van der Waals surface area contributed by atoms with Crippen LogP contribution in [0.15, 0.2) is 23.1 Å². The molecule has 0 spiro atoms. The highest BCUT2D eigenvalue weighted by Crippen LogP contribution is 2.37. The Morgan fingerprint density at radius 2 is 2.14 bits per heavy atom. The summed E-state index contributed by atoms with van der Waals surface area (Å²) >= 11 is 1.51. The number of hydrogen-bond donors (Lipinski definition) is 0. The number of rotatable bonds is 6. The first-order valence-electron chi connectivity index (χ1n) is 9.49. The SMILES string of the molecule is CC(C)COC(=O)[C@@H]1CCCN1CC(=O)N1CCSc2cc([N+](=O)[O-])ccc21. The molecule has 8 nitrogen and oxygen atoms in total. The highest BCUT2D eigenvalue weighted by atomic mass is 32.2. The van der Waals surface area contributed by atoms with Gasteiger partial charge in [-0.3, -0.25) is 24.6 Å². The Balaban J connectivity index is 1.68. The lowest BCUT2D eigenvalue weighted by Crippen LogP contribution is -2.46. The largest absolute Gasteiger partial charge is 0.464 e. The van der Waals surface area contributed by atoms with E-state index in [-0.39, 0.29) is 36.1 Å². The van der Waals surface area contributed by atoms with Gasteiger partial charge in [0.15, 0.2) is 0 Å². The van der Waals surface area contributed by atoms with Crippen LogP contribution in [0.5, 0.6) is 0 Å². The van der Waals surface area contributed by atoms with Crippen LogP contribution in [0.2, 0.25) is 0 Å². The van der Waals surface area contributed by atoms with Crippen LogP contribution in [0.1, 0.15) is 26.7 Å². The quantitative estimate of drug-likeness (QED) is 0.407. The number of non-ortho nitro benzene ring substituents is 1. The molecule has 2 heterocycles. The minimum atomic E-state index is -0.431. The highest BCUT2D eigenvalue weighted by Gasteiger charge is 2.35. The second-order valence-electron chi connectivity index (χ2n) is 7.46. The zero-order chi connectivity index (χ0) is 20.3. The van der Waals surface area contributed by atoms with Gasteiger partial charge in [-0.2, -0.15) is 0 Å². The van der Waals surface area contributed by atoms with E-state index in [9.17, 15) is 19.7 Å². The van der Waals surface area contributed by atoms with Gasteiger partial charge in [-0.15, -0.1) is 11.8 Å². The maximum Gasteiger partial charge on any atom is 0.323 e. The number of likely N-dealkylation sites (tertiary alicyclic amines) is 1. The van der Waals surface area contributed by atoms with Gasteiger partial charge in [0.05, 0.1) is 23.8 Å². The average molecular weight is 407 g/mol. The average Bonchev–Trinajstić information content (AvgIpc) is 3.13. The molecule has 28 heavy (non-hydrogen) atoms. The topological polar surface area (TPSA) is 93.0 Å². The van der Waals surface area contributed by atoms with Crippen molar-refractivity contribution in [1.82, 2.24) is 4.90 Å². The van der Waals surface area contributed by atoms with Crippen molar-refractivity contribution in [2.45, 2.75) is 37.6 Å². The van der Waals surface area contributed by atoms with Crippen LogP contribution < -0.4 is 4.90 Å². The Bertz CT molecular complexity index is 770. The molecule has 1 atom stereocenters. The van der Waals surface area contributed by atoms with Gasteiger partial charge >= 0.3 is 5.97 Å². The molecule has 0 radical (unpaired) electrons. The Morgan fingerprint density at radius 3 is 2.86 bits per heavy atom. The maximum atomic E-state index is 13.0. The van der Waals surface area contributed by atoms with Crippen LogP contribution in [0.25, 0.3) is 0 Å². The Kier molecular flexibility index (Phi) is 6.56. The zero-order valence-electron chi connectivity index (χ0n) is 16.1. The summed E-state index contributed by atoms with van der Waals surface area (Å²) in [4.78, 5) is 40.2. The molecule has 1 aromatic rings. The molecule has 2 aliphatic rings. The minimum Gasteiger partial charge on any atom is -0.464 e. The van der Waals surface area contributed by atoms with Gasteiger partial charge in [0.2, 0.25) is 5.91 Å². The Hall–Kier alpha value is -2.13. The van der Waals surface area contributed by atoms with Crippen molar-refractivity contribution < 1.29 is 19.2 Å². The van der Waals surface area contributed by atoms with Crippen molar-refractivity contribution in [1.29, 1.82) is 0 Å². The van der Waals surface area contributed by atoms with Crippen molar-refractivity contribution in [2.75, 3.05) is 36.9 Å². The number of nitro benzene ring substituents is 1. The van der Waals surface area contributed by atoms with Gasteiger partial charge in [-0.1, -0.05) is 13.8 Å². The van der Waals surface area contributed by atoms with Gasteiger partial charge in [-0.05, 0) is 31.4 Å². The Labute approximate surface area is 168 Å². The molecule has 1 aromatic carbocycles. The normalized spacial score (nSPS) is 19.5. The third-order valence-corrected chi connectivity index (χ3v) is 5.88. The first kappa shape index (κ1) is 20.6. The third-order valence-electron chi connectivity index (χ3n) is 4.85. The van der Waals surface area contributed by atoms with Crippen LogP contribution in [0.3, 0.4) is 0 Å². The van der Waals surface area contributed by atoms with Gasteiger partial charge in [-0.25, -0.2) is 0 Å². The van der Waals surface area contributed by atoms with Gasteiger partial charge in [0.1, 0.15) is 6.04 Å². The molecule has 0 bridgehead atoms.